The monoisotopic (exact) mass is 1450 g/mol. The second-order valence-corrected chi connectivity index (χ2v) is 26.9. The fraction of sp³-hybridized carbons (Fsp3) is 0.618. The van der Waals surface area contributed by atoms with E-state index in [1.54, 1.807) is 85.7 Å². The number of cyclic esters (lactones) is 1. The van der Waals surface area contributed by atoms with Crippen molar-refractivity contribution in [1.29, 1.82) is 5.41 Å². The molecule has 0 unspecified atom stereocenters. The van der Waals surface area contributed by atoms with Crippen molar-refractivity contribution in [3.63, 3.8) is 0 Å². The van der Waals surface area contributed by atoms with Gasteiger partial charge in [0.1, 0.15) is 61.0 Å². The van der Waals surface area contributed by atoms with Crippen LogP contribution in [0.4, 0.5) is 4.79 Å². The topological polar surface area (TPSA) is 548 Å². The van der Waals surface area contributed by atoms with Gasteiger partial charge in [-0.25, -0.2) is 9.59 Å². The van der Waals surface area contributed by atoms with E-state index in [-0.39, 0.29) is 63.2 Å². The molecular weight excluding hydrogens is 1350 g/mol. The molecule has 0 saturated carbocycles. The zero-order valence-electron chi connectivity index (χ0n) is 60.2. The highest BCUT2D eigenvalue weighted by atomic mass is 16.6. The third-order valence-corrected chi connectivity index (χ3v) is 16.3. The van der Waals surface area contributed by atoms with Gasteiger partial charge in [0.05, 0.1) is 32.0 Å². The Morgan fingerprint density at radius 1 is 0.602 bits per heavy atom. The second-order valence-electron chi connectivity index (χ2n) is 26.9. The molecule has 0 aliphatic carbocycles. The van der Waals surface area contributed by atoms with Crippen LogP contribution in [0, 0.1) is 35.0 Å². The molecule has 1 heterocycles. The molecule has 3 rings (SSSR count). The summed E-state index contributed by atoms with van der Waals surface area (Å²) in [7, 11) is 0. The van der Waals surface area contributed by atoms with Crippen LogP contribution in [-0.2, 0) is 73.6 Å². The van der Waals surface area contributed by atoms with Crippen LogP contribution in [0.25, 0.3) is 0 Å². The van der Waals surface area contributed by atoms with E-state index in [0.717, 1.165) is 6.92 Å². The molecule has 1 fully saturated rings. The van der Waals surface area contributed by atoms with E-state index >= 15 is 14.4 Å². The van der Waals surface area contributed by atoms with Crippen LogP contribution in [0.15, 0.2) is 60.7 Å². The van der Waals surface area contributed by atoms with Crippen LogP contribution in [0.2, 0.25) is 0 Å². The Labute approximate surface area is 598 Å². The van der Waals surface area contributed by atoms with Gasteiger partial charge < -0.3 is 110 Å². The molecule has 35 heteroatoms. The smallest absolute Gasteiger partial charge is 0.408 e. The third-order valence-electron chi connectivity index (χ3n) is 16.3. The van der Waals surface area contributed by atoms with Gasteiger partial charge in [0.15, 0.2) is 24.2 Å². The van der Waals surface area contributed by atoms with Crippen molar-refractivity contribution < 1.29 is 97.3 Å². The lowest BCUT2D eigenvalue weighted by atomic mass is 9.95. The van der Waals surface area contributed by atoms with Crippen LogP contribution in [0.3, 0.4) is 0 Å². The minimum Gasteiger partial charge on any atom is -0.453 e. The number of carbonyl (C=O) groups is 13. The summed E-state index contributed by atoms with van der Waals surface area (Å²) in [4.78, 5) is 187. The molecule has 0 aromatic heterocycles. The molecule has 2 aromatic carbocycles. The maximum atomic E-state index is 15.6. The Morgan fingerprint density at radius 3 is 1.70 bits per heavy atom. The highest BCUT2D eigenvalue weighted by Gasteiger charge is 2.44. The first-order valence-corrected chi connectivity index (χ1v) is 34.4. The number of aliphatic hydroxyl groups excluding tert-OH is 5. The van der Waals surface area contributed by atoms with Gasteiger partial charge in [0, 0.05) is 13.1 Å². The molecule has 21 N–H and O–H groups in total. The van der Waals surface area contributed by atoms with E-state index < -0.39 is 218 Å². The van der Waals surface area contributed by atoms with Crippen LogP contribution in [0.5, 0.6) is 0 Å². The number of hydrogen-bond donors (Lipinski definition) is 20. The Morgan fingerprint density at radius 2 is 1.15 bits per heavy atom. The molecule has 35 nitrogen and oxygen atoms in total. The van der Waals surface area contributed by atoms with Crippen LogP contribution in [0.1, 0.15) is 132 Å². The largest absolute Gasteiger partial charge is 0.453 e. The number of benzene rings is 2. The summed E-state index contributed by atoms with van der Waals surface area (Å²) in [6.07, 6.45) is -9.58. The Kier molecular flexibility index (Phi) is 37.5. The number of nitrogens with one attached hydrogen (secondary N) is 14. The van der Waals surface area contributed by atoms with Crippen molar-refractivity contribution in [3.8, 4) is 0 Å². The predicted octanol–water partition coefficient (Wildman–Crippen LogP) is -3.63. The zero-order chi connectivity index (χ0) is 77.4. The van der Waals surface area contributed by atoms with Gasteiger partial charge in [-0.2, -0.15) is 0 Å². The Bertz CT molecular complexity index is 3160. The predicted molar refractivity (Wildman–Crippen MR) is 372 cm³/mol. The SMILES string of the molecule is CC[C@H](C)[C@@H]1NC(=O)[C@@H](CCCNC(=N)N)NC(=O)[C@H](CC(C)C)NC(=O)[C@H]([C@H](O)C(C)C)NC(=O)[C@@H](NC(=O)[C@H](CC(C)C)NC(=O)[C@@H](CC(C)C)NC(=O)OCc2ccccc2)[C@@H](c2ccccc2)OC(=O)[C@H](CO)NC(=O)[C@H]([C@H](O)C(=O)NCCO)NC(=O)CNC(=O)[C@H]([C@H](C)O)NC1=O. The zero-order valence-corrected chi connectivity index (χ0v) is 60.2. The van der Waals surface area contributed by atoms with Crippen molar-refractivity contribution in [2.75, 3.05) is 32.8 Å². The summed E-state index contributed by atoms with van der Waals surface area (Å²) in [5, 5.41) is 93.5. The van der Waals surface area contributed by atoms with Gasteiger partial charge in [-0.1, -0.05) is 136 Å². The summed E-state index contributed by atoms with van der Waals surface area (Å²) < 4.78 is 11.4. The highest BCUT2D eigenvalue weighted by Crippen LogP contribution is 2.25. The molecule has 0 bridgehead atoms. The summed E-state index contributed by atoms with van der Waals surface area (Å²) in [6.45, 7) is 13.7. The van der Waals surface area contributed by atoms with Crippen molar-refractivity contribution in [2.45, 2.75) is 206 Å². The van der Waals surface area contributed by atoms with Crippen LogP contribution < -0.4 is 74.9 Å². The molecular formula is C68H107N15O20. The first kappa shape index (κ1) is 87.6. The average Bonchev–Trinajstić information content (AvgIpc) is 0.813. The molecule has 12 amide bonds. The maximum Gasteiger partial charge on any atom is 0.408 e. The maximum absolute atomic E-state index is 15.6. The molecule has 103 heavy (non-hydrogen) atoms. The molecule has 1 aliphatic rings. The van der Waals surface area contributed by atoms with E-state index in [9.17, 15) is 73.5 Å². The minimum atomic E-state index is -2.58. The van der Waals surface area contributed by atoms with Crippen LogP contribution >= 0.6 is 0 Å². The van der Waals surface area contributed by atoms with Gasteiger partial charge in [-0.05, 0) is 79.7 Å². The number of hydrogen-bond acceptors (Lipinski definition) is 21. The lowest BCUT2D eigenvalue weighted by molar-refractivity contribution is -0.159. The second kappa shape index (κ2) is 44.0. The Balaban J connectivity index is 2.44. The first-order valence-electron chi connectivity index (χ1n) is 34.4. The van der Waals surface area contributed by atoms with E-state index in [1.807, 2.05) is 5.32 Å². The molecule has 2 aromatic rings. The van der Waals surface area contributed by atoms with Gasteiger partial charge in [0.25, 0.3) is 5.91 Å². The number of alkyl carbamates (subject to hydrolysis) is 1. The summed E-state index contributed by atoms with van der Waals surface area (Å²) in [5.41, 5.74) is 6.04. The lowest BCUT2D eigenvalue weighted by Gasteiger charge is -2.34. The van der Waals surface area contributed by atoms with E-state index in [2.05, 4.69) is 63.8 Å². The summed E-state index contributed by atoms with van der Waals surface area (Å²) in [6, 6.07) is -2.98. The Hall–Kier alpha value is -9.58. The number of nitrogens with two attached hydrogens (primary N) is 1. The number of guanidine groups is 1. The van der Waals surface area contributed by atoms with Crippen molar-refractivity contribution in [3.05, 3.63) is 71.8 Å². The normalized spacial score (nSPS) is 22.9. The van der Waals surface area contributed by atoms with E-state index in [1.165, 1.54) is 44.2 Å². The number of rotatable bonds is 28. The molecule has 0 radical (unpaired) electrons. The first-order chi connectivity index (χ1) is 48.5. The number of carbonyl (C=O) groups excluding carboxylic acids is 13. The van der Waals surface area contributed by atoms with E-state index in [4.69, 9.17) is 20.6 Å². The molecule has 1 saturated heterocycles. The van der Waals surface area contributed by atoms with Gasteiger partial charge >= 0.3 is 12.1 Å². The molecule has 0 spiro atoms. The van der Waals surface area contributed by atoms with Gasteiger partial charge in [-0.15, -0.1) is 0 Å². The molecule has 574 valence electrons. The third kappa shape index (κ3) is 29.7. The number of ether oxygens (including phenoxy) is 2. The lowest BCUT2D eigenvalue weighted by Crippen LogP contribution is -2.64. The highest BCUT2D eigenvalue weighted by molar-refractivity contribution is 6.00. The fourth-order valence-corrected chi connectivity index (χ4v) is 10.5. The quantitative estimate of drug-likeness (QED) is 0.0169. The van der Waals surface area contributed by atoms with Crippen molar-refractivity contribution in [2.24, 2.45) is 35.3 Å². The van der Waals surface area contributed by atoms with Crippen molar-refractivity contribution in [1.82, 2.24) is 69.1 Å². The minimum absolute atomic E-state index is 0.00649. The van der Waals surface area contributed by atoms with Gasteiger partial charge in [-0.3, -0.25) is 58.1 Å². The van der Waals surface area contributed by atoms with Crippen LogP contribution in [-0.4, -0.2) is 220 Å². The summed E-state index contributed by atoms with van der Waals surface area (Å²) >= 11 is 0. The standard InChI is InChI=1S/C68H107N15O20/c1-12-38(10)48-61(95)81-49(39(11)86)60(94)73-31-47(87)79-51(54(89)65(99)71-26-27-84)63(97)77-46(32-85)66(100)103-55(41-22-17-14-18-23-41)52(83-59(93)44(29-35(4)5)75-58(92)45(30-36(6)7)78-68(101)102-33-40-20-15-13-16-21-40)64(98)82-50(53(88)37(8)9)62(96)76-43(28-34(2)3)57(91)74-42(56(90)80-48)24-19-25-72-67(69)70/h13-18,20-23,34-39,42-46,48-55,84-86,88-89H,12,19,24-33H2,1-11H3,(H,71,99)(H,73,94)(H,74,91)(H,75,92)(H,76,96)(H,77,97)(H,78,101)(H,79,87)(H,80,90)(H,81,95)(H,82,98)(H,83,93)(H4,69,70,72)/t38-,39-,42+,43-,44-,45+,46-,48-,49-,50-,51-,52-,53+,54-,55+/m0/s1. The summed E-state index contributed by atoms with van der Waals surface area (Å²) in [5.74, 6) is -18.0. The molecule has 15 atom stereocenters. The van der Waals surface area contributed by atoms with E-state index in [0.29, 0.717) is 5.56 Å². The van der Waals surface area contributed by atoms with Crippen molar-refractivity contribution >= 4 is 83.0 Å². The average molecular weight is 1450 g/mol. The molecule has 1 aliphatic heterocycles. The fourth-order valence-electron chi connectivity index (χ4n) is 10.5. The number of esters is 1. The van der Waals surface area contributed by atoms with Gasteiger partial charge in [0.2, 0.25) is 59.1 Å². The number of amides is 12. The number of aliphatic hydroxyl groups is 5.